The zero-order valence-corrected chi connectivity index (χ0v) is 17.9. The average molecular weight is 402 g/mol. The lowest BCUT2D eigenvalue weighted by atomic mass is 9.89. The van der Waals surface area contributed by atoms with Crippen LogP contribution in [0.2, 0.25) is 0 Å². The van der Waals surface area contributed by atoms with E-state index in [1.54, 1.807) is 12.4 Å². The van der Waals surface area contributed by atoms with Gasteiger partial charge in [-0.3, -0.25) is 19.6 Å². The van der Waals surface area contributed by atoms with Crippen LogP contribution in [0.3, 0.4) is 0 Å². The fourth-order valence-electron chi connectivity index (χ4n) is 3.50. The summed E-state index contributed by atoms with van der Waals surface area (Å²) >= 11 is 1.40. The third-order valence-corrected chi connectivity index (χ3v) is 5.84. The molecule has 1 saturated heterocycles. The molecule has 28 heavy (non-hydrogen) atoms. The molecular weight excluding hydrogens is 374 g/mol. The molecule has 1 fully saturated rings. The van der Waals surface area contributed by atoms with E-state index in [1.807, 2.05) is 32.6 Å². The molecule has 0 bridgehead atoms. The number of piperidine rings is 1. The molecule has 2 aromatic heterocycles. The Labute approximate surface area is 169 Å². The van der Waals surface area contributed by atoms with E-state index in [4.69, 9.17) is 0 Å². The van der Waals surface area contributed by atoms with Crippen molar-refractivity contribution in [1.29, 1.82) is 0 Å². The first kappa shape index (κ1) is 20.4. The molecule has 1 atom stereocenters. The van der Waals surface area contributed by atoms with Gasteiger partial charge in [-0.2, -0.15) is 0 Å². The van der Waals surface area contributed by atoms with Crippen LogP contribution in [0.1, 0.15) is 57.8 Å². The van der Waals surface area contributed by atoms with Crippen LogP contribution in [0.25, 0.3) is 10.6 Å². The van der Waals surface area contributed by atoms with E-state index in [-0.39, 0.29) is 17.7 Å². The van der Waals surface area contributed by atoms with Crippen molar-refractivity contribution in [2.45, 2.75) is 53.4 Å². The lowest BCUT2D eigenvalue weighted by Crippen LogP contribution is -2.44. The molecule has 7 nitrogen and oxygen atoms in total. The van der Waals surface area contributed by atoms with Gasteiger partial charge in [0, 0.05) is 43.7 Å². The second-order valence-electron chi connectivity index (χ2n) is 8.25. The van der Waals surface area contributed by atoms with Crippen molar-refractivity contribution < 1.29 is 9.59 Å². The quantitative estimate of drug-likeness (QED) is 0.849. The van der Waals surface area contributed by atoms with Crippen LogP contribution in [-0.2, 0) is 9.59 Å². The molecule has 1 aliphatic rings. The Kier molecular flexibility index (Phi) is 5.79. The molecule has 2 aromatic rings. The first-order valence-corrected chi connectivity index (χ1v) is 10.3. The monoisotopic (exact) mass is 401 g/mol. The van der Waals surface area contributed by atoms with Gasteiger partial charge in [0.05, 0.1) is 16.3 Å². The minimum atomic E-state index is -0.394. The summed E-state index contributed by atoms with van der Waals surface area (Å²) in [5, 5.41) is 3.30. The standard InChI is InChI=1S/C20H27N5O2S/c1-12-17(28-19(23-12)24-13(2)26)16-15(21-8-9-22-16)14-7-6-10-25(11-14)18(27)20(3,4)5/h8-9,14H,6-7,10-11H2,1-5H3,(H,23,24,26)/t14-/m0/s1. The minimum Gasteiger partial charge on any atom is -0.342 e. The number of aromatic nitrogens is 3. The molecule has 150 valence electrons. The van der Waals surface area contributed by atoms with E-state index in [1.165, 1.54) is 18.3 Å². The predicted molar refractivity (Wildman–Crippen MR) is 110 cm³/mol. The van der Waals surface area contributed by atoms with Crippen molar-refractivity contribution in [3.8, 4) is 10.6 Å². The Morgan fingerprint density at radius 3 is 2.64 bits per heavy atom. The molecule has 3 heterocycles. The maximum atomic E-state index is 12.8. The molecular formula is C20H27N5O2S. The van der Waals surface area contributed by atoms with Gasteiger partial charge in [-0.25, -0.2) is 4.98 Å². The van der Waals surface area contributed by atoms with Gasteiger partial charge in [0.15, 0.2) is 5.13 Å². The number of amides is 2. The summed E-state index contributed by atoms with van der Waals surface area (Å²) in [4.78, 5) is 40.6. The molecule has 0 aromatic carbocycles. The lowest BCUT2D eigenvalue weighted by molar-refractivity contribution is -0.140. The van der Waals surface area contributed by atoms with Gasteiger partial charge in [0.25, 0.3) is 0 Å². The Hall–Kier alpha value is -2.35. The Morgan fingerprint density at radius 1 is 1.25 bits per heavy atom. The van der Waals surface area contributed by atoms with Gasteiger partial charge < -0.3 is 10.2 Å². The first-order valence-electron chi connectivity index (χ1n) is 9.52. The number of thiazole rings is 1. The van der Waals surface area contributed by atoms with Gasteiger partial charge in [-0.1, -0.05) is 32.1 Å². The van der Waals surface area contributed by atoms with Crippen molar-refractivity contribution in [3.05, 3.63) is 23.8 Å². The van der Waals surface area contributed by atoms with E-state index < -0.39 is 5.41 Å². The Morgan fingerprint density at radius 2 is 1.96 bits per heavy atom. The largest absolute Gasteiger partial charge is 0.342 e. The number of hydrogen-bond donors (Lipinski definition) is 1. The van der Waals surface area contributed by atoms with Crippen LogP contribution in [0.15, 0.2) is 12.4 Å². The average Bonchev–Trinajstić information content (AvgIpc) is 2.99. The summed E-state index contributed by atoms with van der Waals surface area (Å²) in [5.74, 6) is 0.155. The molecule has 0 saturated carbocycles. The first-order chi connectivity index (χ1) is 13.2. The zero-order chi connectivity index (χ0) is 20.5. The molecule has 0 spiro atoms. The van der Waals surface area contributed by atoms with E-state index in [0.717, 1.165) is 41.3 Å². The number of aryl methyl sites for hydroxylation is 1. The van der Waals surface area contributed by atoms with Crippen LogP contribution in [0.4, 0.5) is 5.13 Å². The van der Waals surface area contributed by atoms with Crippen molar-refractivity contribution in [3.63, 3.8) is 0 Å². The van der Waals surface area contributed by atoms with Crippen molar-refractivity contribution in [2.75, 3.05) is 18.4 Å². The van der Waals surface area contributed by atoms with Gasteiger partial charge in [0.2, 0.25) is 11.8 Å². The van der Waals surface area contributed by atoms with Crippen LogP contribution in [0, 0.1) is 12.3 Å². The fraction of sp³-hybridized carbons (Fsp3) is 0.550. The number of anilines is 1. The van der Waals surface area contributed by atoms with Crippen molar-refractivity contribution in [1.82, 2.24) is 19.9 Å². The van der Waals surface area contributed by atoms with E-state index in [0.29, 0.717) is 11.7 Å². The molecule has 0 radical (unpaired) electrons. The summed E-state index contributed by atoms with van der Waals surface area (Å²) in [6, 6.07) is 0. The molecule has 0 unspecified atom stereocenters. The van der Waals surface area contributed by atoms with Crippen LogP contribution in [0.5, 0.6) is 0 Å². The van der Waals surface area contributed by atoms with Crippen molar-refractivity contribution >= 4 is 28.3 Å². The van der Waals surface area contributed by atoms with Gasteiger partial charge in [-0.05, 0) is 19.8 Å². The molecule has 1 aliphatic heterocycles. The lowest BCUT2D eigenvalue weighted by Gasteiger charge is -2.36. The van der Waals surface area contributed by atoms with Gasteiger partial charge in [-0.15, -0.1) is 0 Å². The minimum absolute atomic E-state index is 0.134. The SMILES string of the molecule is CC(=O)Nc1nc(C)c(-c2nccnc2[C@H]2CCCN(C(=O)C(C)(C)C)C2)s1. The molecule has 2 amide bonds. The Bertz CT molecular complexity index is 887. The van der Waals surface area contributed by atoms with E-state index in [2.05, 4.69) is 20.3 Å². The van der Waals surface area contributed by atoms with Crippen LogP contribution < -0.4 is 5.32 Å². The van der Waals surface area contributed by atoms with Gasteiger partial charge >= 0.3 is 0 Å². The van der Waals surface area contributed by atoms with Crippen molar-refractivity contribution in [2.24, 2.45) is 5.41 Å². The molecule has 3 rings (SSSR count). The number of carbonyl (C=O) groups is 2. The maximum absolute atomic E-state index is 12.8. The molecule has 1 N–H and O–H groups in total. The predicted octanol–water partition coefficient (Wildman–Crippen LogP) is 3.62. The topological polar surface area (TPSA) is 88.1 Å². The highest BCUT2D eigenvalue weighted by Gasteiger charge is 2.33. The van der Waals surface area contributed by atoms with E-state index in [9.17, 15) is 9.59 Å². The fourth-order valence-corrected chi connectivity index (χ4v) is 4.52. The second-order valence-corrected chi connectivity index (χ2v) is 9.24. The number of likely N-dealkylation sites (tertiary alicyclic amines) is 1. The number of nitrogens with zero attached hydrogens (tertiary/aromatic N) is 4. The third kappa shape index (κ3) is 4.38. The number of nitrogens with one attached hydrogen (secondary N) is 1. The highest BCUT2D eigenvalue weighted by atomic mass is 32.1. The second kappa shape index (κ2) is 7.95. The zero-order valence-electron chi connectivity index (χ0n) is 17.1. The summed E-state index contributed by atoms with van der Waals surface area (Å²) in [7, 11) is 0. The number of carbonyl (C=O) groups excluding carboxylic acids is 2. The summed E-state index contributed by atoms with van der Waals surface area (Å²) in [5.41, 5.74) is 2.11. The van der Waals surface area contributed by atoms with Crippen LogP contribution in [-0.4, -0.2) is 44.8 Å². The Balaban J connectivity index is 1.91. The summed E-state index contributed by atoms with van der Waals surface area (Å²) in [6.45, 7) is 10.7. The molecule has 0 aliphatic carbocycles. The summed E-state index contributed by atoms with van der Waals surface area (Å²) in [6.07, 6.45) is 5.29. The maximum Gasteiger partial charge on any atom is 0.227 e. The molecule has 8 heteroatoms. The number of hydrogen-bond acceptors (Lipinski definition) is 6. The van der Waals surface area contributed by atoms with Gasteiger partial charge in [0.1, 0.15) is 5.69 Å². The van der Waals surface area contributed by atoms with E-state index >= 15 is 0 Å². The highest BCUT2D eigenvalue weighted by Crippen LogP contribution is 2.38. The van der Waals surface area contributed by atoms with Crippen LogP contribution >= 0.6 is 11.3 Å². The smallest absolute Gasteiger partial charge is 0.227 e. The normalized spacial score (nSPS) is 17.5. The third-order valence-electron chi connectivity index (χ3n) is 4.76. The number of rotatable bonds is 3. The highest BCUT2D eigenvalue weighted by molar-refractivity contribution is 7.19. The summed E-state index contributed by atoms with van der Waals surface area (Å²) < 4.78 is 0.